The van der Waals surface area contributed by atoms with Crippen LogP contribution in [0.1, 0.15) is 17.6 Å². The molecule has 138 valence electrons. The molecule has 27 heavy (non-hydrogen) atoms. The van der Waals surface area contributed by atoms with Gasteiger partial charge in [0.1, 0.15) is 27.5 Å². The molecule has 1 aliphatic heterocycles. The number of aliphatic hydroxyl groups is 3. The second-order valence-corrected chi connectivity index (χ2v) is 7.03. The molecule has 0 saturated carbocycles. The average Bonchev–Trinajstić information content (AvgIpc) is 3.23. The summed E-state index contributed by atoms with van der Waals surface area (Å²) >= 11 is 2.05. The van der Waals surface area contributed by atoms with E-state index in [9.17, 15) is 15.3 Å². The van der Waals surface area contributed by atoms with Crippen LogP contribution in [0.3, 0.4) is 0 Å². The molecule has 4 atom stereocenters. The van der Waals surface area contributed by atoms with E-state index >= 15 is 0 Å². The Balaban J connectivity index is 1.74. The molecule has 1 aromatic carbocycles. The van der Waals surface area contributed by atoms with Gasteiger partial charge in [-0.05, 0) is 40.6 Å². The standard InChI is InChI=1S/C18H15IN4O4/c19-16-13-17(22-12(21-16)7-6-10-4-2-1-3-5-10)23(9-20-13)18-15(26)14(25)11(8-24)27-18/h1-5,9,11,14-15,18,24-26H,8H2/t11-,14-,15-,18-/m1/s1. The van der Waals surface area contributed by atoms with E-state index in [2.05, 4.69) is 26.8 Å². The normalized spacial score (nSPS) is 24.7. The van der Waals surface area contributed by atoms with Crippen LogP contribution in [0, 0.1) is 15.5 Å². The van der Waals surface area contributed by atoms with Gasteiger partial charge in [-0.3, -0.25) is 4.57 Å². The number of rotatable bonds is 2. The summed E-state index contributed by atoms with van der Waals surface area (Å²) in [5, 5.41) is 29.5. The summed E-state index contributed by atoms with van der Waals surface area (Å²) in [4.78, 5) is 13.1. The van der Waals surface area contributed by atoms with E-state index in [4.69, 9.17) is 4.74 Å². The maximum absolute atomic E-state index is 10.3. The number of fused-ring (bicyclic) bond motifs is 1. The lowest BCUT2D eigenvalue weighted by Crippen LogP contribution is -2.33. The van der Waals surface area contributed by atoms with Crippen molar-refractivity contribution in [1.29, 1.82) is 0 Å². The minimum absolute atomic E-state index is 0.309. The van der Waals surface area contributed by atoms with E-state index in [-0.39, 0.29) is 0 Å². The molecule has 3 N–H and O–H groups in total. The molecular formula is C18H15IN4O4. The first-order valence-electron chi connectivity index (χ1n) is 8.18. The minimum Gasteiger partial charge on any atom is -0.394 e. The fourth-order valence-electron chi connectivity index (χ4n) is 2.88. The Morgan fingerprint density at radius 2 is 1.89 bits per heavy atom. The second kappa shape index (κ2) is 7.49. The number of aliphatic hydroxyl groups excluding tert-OH is 3. The van der Waals surface area contributed by atoms with E-state index in [0.29, 0.717) is 20.7 Å². The predicted molar refractivity (Wildman–Crippen MR) is 103 cm³/mol. The second-order valence-electron chi connectivity index (χ2n) is 6.01. The molecule has 2 aromatic heterocycles. The van der Waals surface area contributed by atoms with Crippen LogP contribution < -0.4 is 0 Å². The van der Waals surface area contributed by atoms with Crippen molar-refractivity contribution in [3.05, 3.63) is 51.7 Å². The SMILES string of the molecule is OC[C@H]1O[C@@H](n2cnc3c(I)nc(C#Cc4ccccc4)nc32)[C@H](O)[C@@H]1O. The van der Waals surface area contributed by atoms with Gasteiger partial charge in [0, 0.05) is 5.56 Å². The molecule has 1 fully saturated rings. The maximum atomic E-state index is 10.3. The van der Waals surface area contributed by atoms with Crippen molar-refractivity contribution in [1.82, 2.24) is 19.5 Å². The third kappa shape index (κ3) is 3.42. The van der Waals surface area contributed by atoms with Gasteiger partial charge in [0.15, 0.2) is 11.9 Å². The van der Waals surface area contributed by atoms with Crippen LogP contribution in [-0.4, -0.2) is 59.8 Å². The highest BCUT2D eigenvalue weighted by molar-refractivity contribution is 14.1. The summed E-state index contributed by atoms with van der Waals surface area (Å²) in [6, 6.07) is 9.49. The van der Waals surface area contributed by atoms with Gasteiger partial charge in [0.05, 0.1) is 12.9 Å². The van der Waals surface area contributed by atoms with Crippen molar-refractivity contribution >= 4 is 33.8 Å². The smallest absolute Gasteiger partial charge is 0.208 e. The minimum atomic E-state index is -1.22. The molecule has 0 aliphatic carbocycles. The molecule has 0 bridgehead atoms. The van der Waals surface area contributed by atoms with Crippen molar-refractivity contribution in [3.63, 3.8) is 0 Å². The third-order valence-corrected chi connectivity index (χ3v) is 5.01. The van der Waals surface area contributed by atoms with Crippen LogP contribution in [0.4, 0.5) is 0 Å². The Morgan fingerprint density at radius 1 is 1.11 bits per heavy atom. The van der Waals surface area contributed by atoms with Gasteiger partial charge >= 0.3 is 0 Å². The Bertz CT molecular complexity index is 1030. The van der Waals surface area contributed by atoms with Crippen molar-refractivity contribution < 1.29 is 20.1 Å². The number of benzene rings is 1. The lowest BCUT2D eigenvalue weighted by Gasteiger charge is -2.16. The molecule has 3 aromatic rings. The molecule has 8 nitrogen and oxygen atoms in total. The topological polar surface area (TPSA) is 114 Å². The van der Waals surface area contributed by atoms with Crippen molar-refractivity contribution in [2.75, 3.05) is 6.61 Å². The lowest BCUT2D eigenvalue weighted by molar-refractivity contribution is -0.0511. The van der Waals surface area contributed by atoms with Crippen LogP contribution in [-0.2, 0) is 4.74 Å². The van der Waals surface area contributed by atoms with Crippen LogP contribution in [0.25, 0.3) is 11.2 Å². The molecule has 9 heteroatoms. The Kier molecular flexibility index (Phi) is 5.07. The number of imidazole rings is 1. The summed E-state index contributed by atoms with van der Waals surface area (Å²) in [5.74, 6) is 6.24. The van der Waals surface area contributed by atoms with Crippen molar-refractivity contribution in [2.24, 2.45) is 0 Å². The van der Waals surface area contributed by atoms with E-state index in [1.165, 1.54) is 10.9 Å². The highest BCUT2D eigenvalue weighted by Gasteiger charge is 2.44. The number of hydrogen-bond acceptors (Lipinski definition) is 7. The van der Waals surface area contributed by atoms with E-state index in [1.807, 2.05) is 52.9 Å². The molecule has 4 rings (SSSR count). The first-order chi connectivity index (χ1) is 13.1. The van der Waals surface area contributed by atoms with Gasteiger partial charge in [-0.15, -0.1) is 0 Å². The first kappa shape index (κ1) is 18.3. The fraction of sp³-hybridized carbons (Fsp3) is 0.278. The van der Waals surface area contributed by atoms with Gasteiger partial charge in [0.2, 0.25) is 5.82 Å². The number of aromatic nitrogens is 4. The van der Waals surface area contributed by atoms with Gasteiger partial charge < -0.3 is 20.1 Å². The van der Waals surface area contributed by atoms with Crippen LogP contribution in [0.5, 0.6) is 0 Å². The molecular weight excluding hydrogens is 463 g/mol. The van der Waals surface area contributed by atoms with E-state index in [0.717, 1.165) is 5.56 Å². The number of nitrogens with zero attached hydrogens (tertiary/aromatic N) is 4. The average molecular weight is 478 g/mol. The Labute approximate surface area is 168 Å². The highest BCUT2D eigenvalue weighted by Crippen LogP contribution is 2.31. The van der Waals surface area contributed by atoms with Gasteiger partial charge in [0.25, 0.3) is 0 Å². The molecule has 0 radical (unpaired) electrons. The Hall–Kier alpha value is -2.10. The Morgan fingerprint density at radius 3 is 2.59 bits per heavy atom. The fourth-order valence-corrected chi connectivity index (χ4v) is 3.49. The van der Waals surface area contributed by atoms with Crippen molar-refractivity contribution in [3.8, 4) is 11.8 Å². The molecule has 3 heterocycles. The first-order valence-corrected chi connectivity index (χ1v) is 9.26. The molecule has 0 amide bonds. The van der Waals surface area contributed by atoms with Gasteiger partial charge in [-0.1, -0.05) is 24.1 Å². The van der Waals surface area contributed by atoms with Crippen LogP contribution in [0.2, 0.25) is 0 Å². The monoisotopic (exact) mass is 478 g/mol. The number of ether oxygens (including phenoxy) is 1. The number of hydrogen-bond donors (Lipinski definition) is 3. The molecule has 0 spiro atoms. The van der Waals surface area contributed by atoms with Gasteiger partial charge in [-0.2, -0.15) is 0 Å². The zero-order valence-electron chi connectivity index (χ0n) is 13.9. The summed E-state index contributed by atoms with van der Waals surface area (Å²) in [6.45, 7) is -0.401. The maximum Gasteiger partial charge on any atom is 0.208 e. The zero-order valence-corrected chi connectivity index (χ0v) is 16.1. The summed E-state index contributed by atoms with van der Waals surface area (Å²) < 4.78 is 7.71. The summed E-state index contributed by atoms with van der Waals surface area (Å²) in [6.07, 6.45) is -2.73. The van der Waals surface area contributed by atoms with Crippen LogP contribution >= 0.6 is 22.6 Å². The summed E-state index contributed by atoms with van der Waals surface area (Å²) in [7, 11) is 0. The largest absolute Gasteiger partial charge is 0.394 e. The molecule has 1 saturated heterocycles. The highest BCUT2D eigenvalue weighted by atomic mass is 127. The van der Waals surface area contributed by atoms with Crippen molar-refractivity contribution in [2.45, 2.75) is 24.5 Å². The molecule has 0 unspecified atom stereocenters. The predicted octanol–water partition coefficient (Wildman–Crippen LogP) is 0.442. The quantitative estimate of drug-likeness (QED) is 0.279. The van der Waals surface area contributed by atoms with E-state index < -0.39 is 31.1 Å². The zero-order chi connectivity index (χ0) is 19.0. The lowest BCUT2D eigenvalue weighted by atomic mass is 10.1. The summed E-state index contributed by atoms with van der Waals surface area (Å²) in [5.41, 5.74) is 1.81. The number of halogens is 1. The van der Waals surface area contributed by atoms with E-state index in [1.54, 1.807) is 0 Å². The molecule has 1 aliphatic rings. The van der Waals surface area contributed by atoms with Crippen LogP contribution in [0.15, 0.2) is 36.7 Å². The third-order valence-electron chi connectivity index (χ3n) is 4.26. The van der Waals surface area contributed by atoms with Gasteiger partial charge in [-0.25, -0.2) is 15.0 Å².